The molecule has 1 N–H and O–H groups in total. The number of halogens is 1. The standard InChI is InChI=1S/C13H21BrN2O2/c1-6-7-8-9(14)12(17)16-11(15-8)10(18-5)13(2,3)4/h10H,6-7H2,1-5H3,(H,15,16,17). The molecule has 0 aromatic carbocycles. The fraction of sp³-hybridized carbons (Fsp3) is 0.692. The Bertz CT molecular complexity index is 463. The van der Waals surface area contributed by atoms with Gasteiger partial charge in [-0.3, -0.25) is 4.79 Å². The Morgan fingerprint density at radius 1 is 1.44 bits per heavy atom. The highest BCUT2D eigenvalue weighted by Crippen LogP contribution is 2.33. The first-order chi connectivity index (χ1) is 8.31. The van der Waals surface area contributed by atoms with Crippen LogP contribution < -0.4 is 5.56 Å². The summed E-state index contributed by atoms with van der Waals surface area (Å²) < 4.78 is 6.01. The summed E-state index contributed by atoms with van der Waals surface area (Å²) in [4.78, 5) is 19.2. The van der Waals surface area contributed by atoms with Crippen LogP contribution in [0.5, 0.6) is 0 Å². The molecule has 1 heterocycles. The number of hydrogen-bond acceptors (Lipinski definition) is 3. The van der Waals surface area contributed by atoms with Crippen LogP contribution in [0.2, 0.25) is 0 Å². The molecule has 4 nitrogen and oxygen atoms in total. The molecule has 0 spiro atoms. The van der Waals surface area contributed by atoms with Gasteiger partial charge in [0, 0.05) is 7.11 Å². The van der Waals surface area contributed by atoms with Crippen molar-refractivity contribution in [3.05, 3.63) is 26.3 Å². The molecule has 0 saturated carbocycles. The van der Waals surface area contributed by atoms with E-state index in [9.17, 15) is 4.79 Å². The van der Waals surface area contributed by atoms with Gasteiger partial charge in [-0.2, -0.15) is 0 Å². The van der Waals surface area contributed by atoms with Crippen molar-refractivity contribution in [2.75, 3.05) is 7.11 Å². The zero-order valence-electron chi connectivity index (χ0n) is 11.6. The zero-order chi connectivity index (χ0) is 13.9. The third-order valence-corrected chi connectivity index (χ3v) is 3.52. The number of hydrogen-bond donors (Lipinski definition) is 1. The van der Waals surface area contributed by atoms with E-state index in [0.717, 1.165) is 18.5 Å². The number of nitrogens with one attached hydrogen (secondary N) is 1. The van der Waals surface area contributed by atoms with Gasteiger partial charge in [0.1, 0.15) is 16.4 Å². The fourth-order valence-electron chi connectivity index (χ4n) is 1.93. The van der Waals surface area contributed by atoms with E-state index in [1.807, 2.05) is 0 Å². The molecule has 102 valence electrons. The van der Waals surface area contributed by atoms with Crippen LogP contribution >= 0.6 is 15.9 Å². The van der Waals surface area contributed by atoms with Gasteiger partial charge in [-0.25, -0.2) is 4.98 Å². The van der Waals surface area contributed by atoms with Crippen LogP contribution in [0, 0.1) is 5.41 Å². The lowest BCUT2D eigenvalue weighted by atomic mass is 9.88. The van der Waals surface area contributed by atoms with E-state index in [-0.39, 0.29) is 17.1 Å². The Labute approximate surface area is 116 Å². The monoisotopic (exact) mass is 316 g/mol. The number of H-pyrrole nitrogens is 1. The molecule has 0 amide bonds. The molecule has 5 heteroatoms. The lowest BCUT2D eigenvalue weighted by molar-refractivity contribution is 0.00829. The number of ether oxygens (including phenoxy) is 1. The number of nitrogens with zero attached hydrogens (tertiary/aromatic N) is 1. The smallest absolute Gasteiger partial charge is 0.265 e. The minimum absolute atomic E-state index is 0.123. The van der Waals surface area contributed by atoms with Crippen molar-refractivity contribution in [2.24, 2.45) is 5.41 Å². The minimum Gasteiger partial charge on any atom is -0.373 e. The number of methoxy groups -OCH3 is 1. The molecular weight excluding hydrogens is 296 g/mol. The van der Waals surface area contributed by atoms with E-state index in [1.54, 1.807) is 7.11 Å². The van der Waals surface area contributed by atoms with Crippen molar-refractivity contribution in [1.82, 2.24) is 9.97 Å². The Kier molecular flexibility index (Phi) is 5.10. The SMILES string of the molecule is CCCc1nc(C(OC)C(C)(C)C)[nH]c(=O)c1Br. The van der Waals surface area contributed by atoms with Crippen LogP contribution in [0.15, 0.2) is 9.27 Å². The first-order valence-electron chi connectivity index (χ1n) is 6.12. The van der Waals surface area contributed by atoms with Crippen LogP contribution in [-0.2, 0) is 11.2 Å². The van der Waals surface area contributed by atoms with Crippen molar-refractivity contribution in [1.29, 1.82) is 0 Å². The number of rotatable bonds is 4. The summed E-state index contributed by atoms with van der Waals surface area (Å²) in [7, 11) is 1.64. The molecule has 1 aromatic heterocycles. The predicted molar refractivity (Wildman–Crippen MR) is 75.8 cm³/mol. The Morgan fingerprint density at radius 3 is 2.50 bits per heavy atom. The summed E-state index contributed by atoms with van der Waals surface area (Å²) in [6.07, 6.45) is 1.49. The summed E-state index contributed by atoms with van der Waals surface area (Å²) >= 11 is 3.29. The molecule has 0 aliphatic rings. The van der Waals surface area contributed by atoms with Gasteiger partial charge < -0.3 is 9.72 Å². The average Bonchev–Trinajstić information content (AvgIpc) is 2.24. The molecule has 0 aliphatic heterocycles. The third-order valence-electron chi connectivity index (χ3n) is 2.71. The number of aromatic nitrogens is 2. The van der Waals surface area contributed by atoms with Crippen LogP contribution in [0.3, 0.4) is 0 Å². The minimum atomic E-state index is -0.228. The van der Waals surface area contributed by atoms with Gasteiger partial charge >= 0.3 is 0 Å². The highest BCUT2D eigenvalue weighted by Gasteiger charge is 2.29. The summed E-state index contributed by atoms with van der Waals surface area (Å²) in [5.41, 5.74) is 0.527. The normalized spacial score (nSPS) is 13.7. The zero-order valence-corrected chi connectivity index (χ0v) is 13.2. The maximum absolute atomic E-state index is 11.9. The highest BCUT2D eigenvalue weighted by molar-refractivity contribution is 9.10. The van der Waals surface area contributed by atoms with E-state index in [0.29, 0.717) is 10.3 Å². The maximum atomic E-state index is 11.9. The van der Waals surface area contributed by atoms with Crippen molar-refractivity contribution < 1.29 is 4.74 Å². The van der Waals surface area contributed by atoms with E-state index in [1.165, 1.54) is 0 Å². The lowest BCUT2D eigenvalue weighted by Gasteiger charge is -2.28. The largest absolute Gasteiger partial charge is 0.373 e. The molecular formula is C13H21BrN2O2. The summed E-state index contributed by atoms with van der Waals surface area (Å²) in [6.45, 7) is 8.24. The van der Waals surface area contributed by atoms with Crippen molar-refractivity contribution >= 4 is 15.9 Å². The van der Waals surface area contributed by atoms with Crippen molar-refractivity contribution in [3.63, 3.8) is 0 Å². The van der Waals surface area contributed by atoms with Gasteiger partial charge in [0.05, 0.1) is 5.69 Å². The van der Waals surface area contributed by atoms with E-state index in [2.05, 4.69) is 53.6 Å². The molecule has 18 heavy (non-hydrogen) atoms. The van der Waals surface area contributed by atoms with E-state index < -0.39 is 0 Å². The van der Waals surface area contributed by atoms with Gasteiger partial charge in [-0.1, -0.05) is 34.1 Å². The summed E-state index contributed by atoms with van der Waals surface area (Å²) in [6, 6.07) is 0. The van der Waals surface area contributed by atoms with Crippen LogP contribution in [0.1, 0.15) is 51.7 Å². The maximum Gasteiger partial charge on any atom is 0.265 e. The Morgan fingerprint density at radius 2 is 2.06 bits per heavy atom. The number of aromatic amines is 1. The van der Waals surface area contributed by atoms with Gasteiger partial charge in [-0.15, -0.1) is 0 Å². The molecule has 0 fully saturated rings. The van der Waals surface area contributed by atoms with Crippen molar-refractivity contribution in [3.8, 4) is 0 Å². The third kappa shape index (κ3) is 3.42. The van der Waals surface area contributed by atoms with Crippen molar-refractivity contribution in [2.45, 2.75) is 46.6 Å². The molecule has 0 radical (unpaired) electrons. The topological polar surface area (TPSA) is 55.0 Å². The molecule has 1 aromatic rings. The van der Waals surface area contributed by atoms with Gasteiger partial charge in [0.25, 0.3) is 5.56 Å². The van der Waals surface area contributed by atoms with Crippen LogP contribution in [-0.4, -0.2) is 17.1 Å². The Balaban J connectivity index is 3.29. The molecule has 1 unspecified atom stereocenters. The van der Waals surface area contributed by atoms with E-state index >= 15 is 0 Å². The summed E-state index contributed by atoms with van der Waals surface area (Å²) in [5.74, 6) is 0.599. The quantitative estimate of drug-likeness (QED) is 0.927. The first-order valence-corrected chi connectivity index (χ1v) is 6.92. The highest BCUT2D eigenvalue weighted by atomic mass is 79.9. The number of aryl methyl sites for hydroxylation is 1. The summed E-state index contributed by atoms with van der Waals surface area (Å²) in [5, 5.41) is 0. The van der Waals surface area contributed by atoms with Gasteiger partial charge in [0.2, 0.25) is 0 Å². The second kappa shape index (κ2) is 5.97. The molecule has 1 rings (SSSR count). The lowest BCUT2D eigenvalue weighted by Crippen LogP contribution is -2.26. The molecule has 0 saturated heterocycles. The molecule has 0 aliphatic carbocycles. The average molecular weight is 317 g/mol. The molecule has 1 atom stereocenters. The van der Waals surface area contributed by atoms with Gasteiger partial charge in [-0.05, 0) is 27.8 Å². The van der Waals surface area contributed by atoms with Crippen LogP contribution in [0.4, 0.5) is 0 Å². The second-order valence-corrected chi connectivity index (χ2v) is 6.24. The fourth-order valence-corrected chi connectivity index (χ4v) is 2.31. The van der Waals surface area contributed by atoms with Gasteiger partial charge in [0.15, 0.2) is 0 Å². The predicted octanol–water partition coefficient (Wildman–Crippen LogP) is 3.22. The first kappa shape index (κ1) is 15.4. The second-order valence-electron chi connectivity index (χ2n) is 5.44. The Hall–Kier alpha value is -0.680. The van der Waals surface area contributed by atoms with Crippen LogP contribution in [0.25, 0.3) is 0 Å². The molecule has 0 bridgehead atoms. The van der Waals surface area contributed by atoms with E-state index in [4.69, 9.17) is 4.74 Å².